The summed E-state index contributed by atoms with van der Waals surface area (Å²) >= 11 is 0. The zero-order valence-electron chi connectivity index (χ0n) is 8.50. The Balaban J connectivity index is 2.01. The molecule has 1 fully saturated rings. The van der Waals surface area contributed by atoms with Gasteiger partial charge in [-0.15, -0.1) is 0 Å². The minimum absolute atomic E-state index is 0.0323. The predicted octanol–water partition coefficient (Wildman–Crippen LogP) is 2.09. The molecule has 0 atom stereocenters. The molecule has 0 amide bonds. The van der Waals surface area contributed by atoms with Crippen LogP contribution in [0, 0.1) is 0 Å². The van der Waals surface area contributed by atoms with Gasteiger partial charge in [-0.1, -0.05) is 0 Å². The fraction of sp³-hybridized carbons (Fsp3) is 0.700. The third-order valence-electron chi connectivity index (χ3n) is 2.95. The standard InChI is InChI=1S/C10H15F2N3/c11-10(12)3-1-9(2-4-10)15-7-8(5-13)6-14-15/h6-7,9H,1-5,13H2. The first kappa shape index (κ1) is 10.5. The summed E-state index contributed by atoms with van der Waals surface area (Å²) in [5, 5.41) is 4.15. The molecule has 2 rings (SSSR count). The minimum atomic E-state index is -2.47. The van der Waals surface area contributed by atoms with Crippen molar-refractivity contribution in [1.82, 2.24) is 9.78 Å². The van der Waals surface area contributed by atoms with Crippen LogP contribution in [0.1, 0.15) is 37.3 Å². The van der Waals surface area contributed by atoms with Gasteiger partial charge in [0, 0.05) is 31.1 Å². The largest absolute Gasteiger partial charge is 0.326 e. The number of hydrogen-bond acceptors (Lipinski definition) is 2. The van der Waals surface area contributed by atoms with Crippen molar-refractivity contribution in [3.8, 4) is 0 Å². The molecule has 0 bridgehead atoms. The van der Waals surface area contributed by atoms with E-state index in [9.17, 15) is 8.78 Å². The Labute approximate surface area is 87.3 Å². The molecule has 84 valence electrons. The molecule has 0 radical (unpaired) electrons. The van der Waals surface area contributed by atoms with Crippen LogP contribution in [0.15, 0.2) is 12.4 Å². The highest BCUT2D eigenvalue weighted by atomic mass is 19.3. The Kier molecular flexibility index (Phi) is 2.73. The normalized spacial score (nSPS) is 21.8. The first-order chi connectivity index (χ1) is 7.11. The van der Waals surface area contributed by atoms with E-state index in [4.69, 9.17) is 5.73 Å². The van der Waals surface area contributed by atoms with Gasteiger partial charge in [0.1, 0.15) is 0 Å². The maximum atomic E-state index is 12.9. The highest BCUT2D eigenvalue weighted by Crippen LogP contribution is 2.38. The maximum absolute atomic E-state index is 12.9. The van der Waals surface area contributed by atoms with Crippen LogP contribution in [0.3, 0.4) is 0 Å². The van der Waals surface area contributed by atoms with Gasteiger partial charge in [-0.3, -0.25) is 4.68 Å². The van der Waals surface area contributed by atoms with Crippen molar-refractivity contribution in [1.29, 1.82) is 0 Å². The summed E-state index contributed by atoms with van der Waals surface area (Å²) in [6.45, 7) is 0.447. The Hall–Kier alpha value is -0.970. The third-order valence-corrected chi connectivity index (χ3v) is 2.95. The average molecular weight is 215 g/mol. The number of rotatable bonds is 2. The lowest BCUT2D eigenvalue weighted by Gasteiger charge is -2.28. The fourth-order valence-electron chi connectivity index (χ4n) is 1.97. The molecule has 0 aliphatic heterocycles. The first-order valence-corrected chi connectivity index (χ1v) is 5.22. The molecule has 2 N–H and O–H groups in total. The Morgan fingerprint density at radius 1 is 1.47 bits per heavy atom. The molecule has 1 aromatic rings. The second-order valence-electron chi connectivity index (χ2n) is 4.12. The Morgan fingerprint density at radius 3 is 2.67 bits per heavy atom. The zero-order valence-corrected chi connectivity index (χ0v) is 8.50. The van der Waals surface area contributed by atoms with Crippen LogP contribution in [0.5, 0.6) is 0 Å². The molecular formula is C10H15F2N3. The van der Waals surface area contributed by atoms with Crippen LogP contribution in [-0.2, 0) is 6.54 Å². The van der Waals surface area contributed by atoms with E-state index in [0.29, 0.717) is 19.4 Å². The second kappa shape index (κ2) is 3.89. The van der Waals surface area contributed by atoms with Crippen molar-refractivity contribution in [2.75, 3.05) is 0 Å². The summed E-state index contributed by atoms with van der Waals surface area (Å²) in [4.78, 5) is 0. The lowest BCUT2D eigenvalue weighted by molar-refractivity contribution is -0.0449. The quantitative estimate of drug-likeness (QED) is 0.821. The highest BCUT2D eigenvalue weighted by Gasteiger charge is 2.35. The van der Waals surface area contributed by atoms with Gasteiger partial charge >= 0.3 is 0 Å². The molecule has 0 saturated heterocycles. The van der Waals surface area contributed by atoms with Crippen molar-refractivity contribution < 1.29 is 8.78 Å². The molecule has 0 unspecified atom stereocenters. The van der Waals surface area contributed by atoms with Crippen LogP contribution in [0.2, 0.25) is 0 Å². The van der Waals surface area contributed by atoms with Crippen LogP contribution in [0.4, 0.5) is 8.78 Å². The maximum Gasteiger partial charge on any atom is 0.248 e. The third kappa shape index (κ3) is 2.34. The number of nitrogens with zero attached hydrogens (tertiary/aromatic N) is 2. The van der Waals surface area contributed by atoms with Crippen molar-refractivity contribution in [2.24, 2.45) is 5.73 Å². The van der Waals surface area contributed by atoms with Gasteiger partial charge in [0.25, 0.3) is 0 Å². The summed E-state index contributed by atoms with van der Waals surface area (Å²) < 4.78 is 27.6. The van der Waals surface area contributed by atoms with Gasteiger partial charge in [0.05, 0.1) is 12.2 Å². The fourth-order valence-corrected chi connectivity index (χ4v) is 1.97. The highest BCUT2D eigenvalue weighted by molar-refractivity contribution is 5.03. The van der Waals surface area contributed by atoms with E-state index in [1.54, 1.807) is 10.9 Å². The molecule has 0 aromatic carbocycles. The van der Waals surface area contributed by atoms with E-state index in [1.807, 2.05) is 6.20 Å². The van der Waals surface area contributed by atoms with Crippen molar-refractivity contribution in [2.45, 2.75) is 44.2 Å². The Bertz CT molecular complexity index is 325. The van der Waals surface area contributed by atoms with Gasteiger partial charge < -0.3 is 5.73 Å². The summed E-state index contributed by atoms with van der Waals surface area (Å²) in [6, 6.07) is 0.116. The van der Waals surface area contributed by atoms with E-state index < -0.39 is 5.92 Å². The zero-order chi connectivity index (χ0) is 10.9. The van der Waals surface area contributed by atoms with Gasteiger partial charge in [-0.05, 0) is 12.8 Å². The summed E-state index contributed by atoms with van der Waals surface area (Å²) in [5.41, 5.74) is 6.41. The second-order valence-corrected chi connectivity index (χ2v) is 4.12. The first-order valence-electron chi connectivity index (χ1n) is 5.22. The van der Waals surface area contributed by atoms with Crippen molar-refractivity contribution in [3.63, 3.8) is 0 Å². The monoisotopic (exact) mass is 215 g/mol. The molecule has 1 aromatic heterocycles. The number of halogens is 2. The van der Waals surface area contributed by atoms with Gasteiger partial charge in [0.15, 0.2) is 0 Å². The molecule has 1 aliphatic rings. The van der Waals surface area contributed by atoms with Crippen LogP contribution >= 0.6 is 0 Å². The van der Waals surface area contributed by atoms with Crippen LogP contribution in [0.25, 0.3) is 0 Å². The molecule has 15 heavy (non-hydrogen) atoms. The van der Waals surface area contributed by atoms with Crippen molar-refractivity contribution in [3.05, 3.63) is 18.0 Å². The van der Waals surface area contributed by atoms with Crippen LogP contribution in [-0.4, -0.2) is 15.7 Å². The molecule has 1 saturated carbocycles. The lowest BCUT2D eigenvalue weighted by atomic mass is 9.92. The summed E-state index contributed by atoms with van der Waals surface area (Å²) in [7, 11) is 0. The predicted molar refractivity (Wildman–Crippen MR) is 52.6 cm³/mol. The lowest BCUT2D eigenvalue weighted by Crippen LogP contribution is -2.26. The number of nitrogens with two attached hydrogens (primary N) is 1. The van der Waals surface area contributed by atoms with Gasteiger partial charge in [0.2, 0.25) is 5.92 Å². The molecule has 1 aliphatic carbocycles. The molecule has 1 heterocycles. The van der Waals surface area contributed by atoms with E-state index in [0.717, 1.165) is 5.56 Å². The topological polar surface area (TPSA) is 43.8 Å². The van der Waals surface area contributed by atoms with Gasteiger partial charge in [-0.25, -0.2) is 8.78 Å². The number of hydrogen-bond donors (Lipinski definition) is 1. The summed E-state index contributed by atoms with van der Waals surface area (Å²) in [5.74, 6) is -2.47. The van der Waals surface area contributed by atoms with E-state index in [2.05, 4.69) is 5.10 Å². The number of alkyl halides is 2. The summed E-state index contributed by atoms with van der Waals surface area (Å²) in [6.07, 6.45) is 4.49. The minimum Gasteiger partial charge on any atom is -0.326 e. The van der Waals surface area contributed by atoms with Crippen molar-refractivity contribution >= 4 is 0 Å². The van der Waals surface area contributed by atoms with Crippen LogP contribution < -0.4 is 5.73 Å². The molecule has 0 spiro atoms. The van der Waals surface area contributed by atoms with E-state index in [1.165, 1.54) is 0 Å². The smallest absolute Gasteiger partial charge is 0.248 e. The van der Waals surface area contributed by atoms with E-state index >= 15 is 0 Å². The SMILES string of the molecule is NCc1cnn(C2CCC(F)(F)CC2)c1. The number of aromatic nitrogens is 2. The molecular weight excluding hydrogens is 200 g/mol. The Morgan fingerprint density at radius 2 is 2.13 bits per heavy atom. The molecule has 3 nitrogen and oxygen atoms in total. The van der Waals surface area contributed by atoms with Gasteiger partial charge in [-0.2, -0.15) is 5.10 Å². The van der Waals surface area contributed by atoms with E-state index in [-0.39, 0.29) is 18.9 Å². The average Bonchev–Trinajstić information content (AvgIpc) is 2.66. The molecule has 5 heteroatoms.